The molecule has 0 aliphatic carbocycles. The third-order valence-corrected chi connectivity index (χ3v) is 4.48. The summed E-state index contributed by atoms with van der Waals surface area (Å²) in [7, 11) is 0. The van der Waals surface area contributed by atoms with E-state index >= 15 is 0 Å². The Bertz CT molecular complexity index is 578. The number of nitrogens with zero attached hydrogens (tertiary/aromatic N) is 2. The maximum atomic E-state index is 13.6. The molecule has 1 N–H and O–H groups in total. The highest BCUT2D eigenvalue weighted by atomic mass is 35.5. The summed E-state index contributed by atoms with van der Waals surface area (Å²) in [6.07, 6.45) is 0. The van der Waals surface area contributed by atoms with E-state index in [2.05, 4.69) is 15.2 Å². The average Bonchev–Trinajstić information content (AvgIpc) is 3.06. The van der Waals surface area contributed by atoms with E-state index in [9.17, 15) is 4.39 Å². The fraction of sp³-hybridized carbons (Fsp3) is 0.438. The maximum absolute atomic E-state index is 13.6. The summed E-state index contributed by atoms with van der Waals surface area (Å²) < 4.78 is 19.0. The van der Waals surface area contributed by atoms with Crippen molar-refractivity contribution in [2.24, 2.45) is 0 Å². The second-order valence-corrected chi connectivity index (χ2v) is 6.05. The molecule has 0 saturated carbocycles. The van der Waals surface area contributed by atoms with Crippen LogP contribution < -0.4 is 5.32 Å². The van der Waals surface area contributed by atoms with Crippen molar-refractivity contribution in [3.63, 3.8) is 0 Å². The topological polar surface area (TPSA) is 37.4 Å². The van der Waals surface area contributed by atoms with Gasteiger partial charge in [-0.2, -0.15) is 0 Å². The lowest BCUT2D eigenvalue weighted by Crippen LogP contribution is -2.42. The molecule has 23 heavy (non-hydrogen) atoms. The molecule has 1 aliphatic heterocycles. The van der Waals surface area contributed by atoms with Crippen LogP contribution in [0.3, 0.4) is 0 Å². The van der Waals surface area contributed by atoms with Gasteiger partial charge < -0.3 is 10.1 Å². The van der Waals surface area contributed by atoms with Crippen molar-refractivity contribution in [1.29, 1.82) is 0 Å². The first kappa shape index (κ1) is 18.3. The van der Waals surface area contributed by atoms with Crippen molar-refractivity contribution in [1.82, 2.24) is 15.2 Å². The number of ether oxygens (including phenoxy) is 1. The van der Waals surface area contributed by atoms with Gasteiger partial charge in [0.15, 0.2) is 0 Å². The van der Waals surface area contributed by atoms with E-state index < -0.39 is 0 Å². The molecule has 0 amide bonds. The Hall–Kier alpha value is -1.05. The lowest BCUT2D eigenvalue weighted by molar-refractivity contribution is 0.0160. The molecule has 1 aromatic carbocycles. The summed E-state index contributed by atoms with van der Waals surface area (Å²) >= 11 is 1.60. The van der Waals surface area contributed by atoms with Crippen LogP contribution in [0.15, 0.2) is 35.2 Å². The van der Waals surface area contributed by atoms with E-state index in [0.29, 0.717) is 0 Å². The molecule has 1 saturated heterocycles. The average molecular weight is 358 g/mol. The normalized spacial score (nSPS) is 16.7. The standard InChI is InChI=1S/C16H20FN3OS.ClH/c17-14-3-1-2-13(8-14)16(20-4-6-21-7-5-20)10-18-9-15-11-22-12-19-15;/h1-3,8,11-12,16,18H,4-7,9-10H2;1H. The Balaban J connectivity index is 0.00000192. The van der Waals surface area contributed by atoms with Crippen LogP contribution in [-0.2, 0) is 11.3 Å². The van der Waals surface area contributed by atoms with Crippen LogP contribution in [0.5, 0.6) is 0 Å². The number of nitrogens with one attached hydrogen (secondary N) is 1. The minimum absolute atomic E-state index is 0. The zero-order chi connectivity index (χ0) is 15.2. The number of aromatic nitrogens is 1. The van der Waals surface area contributed by atoms with E-state index in [1.807, 2.05) is 17.0 Å². The number of halogens is 2. The van der Waals surface area contributed by atoms with Gasteiger partial charge in [0.1, 0.15) is 5.82 Å². The number of morpholine rings is 1. The first-order chi connectivity index (χ1) is 10.8. The van der Waals surface area contributed by atoms with Gasteiger partial charge in [0, 0.05) is 37.6 Å². The van der Waals surface area contributed by atoms with Crippen molar-refractivity contribution in [2.45, 2.75) is 12.6 Å². The summed E-state index contributed by atoms with van der Waals surface area (Å²) in [4.78, 5) is 6.63. The van der Waals surface area contributed by atoms with E-state index in [-0.39, 0.29) is 24.3 Å². The van der Waals surface area contributed by atoms with Crippen LogP contribution >= 0.6 is 23.7 Å². The van der Waals surface area contributed by atoms with Gasteiger partial charge in [-0.3, -0.25) is 4.90 Å². The summed E-state index contributed by atoms with van der Waals surface area (Å²) in [6.45, 7) is 4.72. The van der Waals surface area contributed by atoms with E-state index in [1.165, 1.54) is 6.07 Å². The summed E-state index contributed by atoms with van der Waals surface area (Å²) in [5.74, 6) is -0.185. The molecule has 2 heterocycles. The highest BCUT2D eigenvalue weighted by molar-refractivity contribution is 7.07. The van der Waals surface area contributed by atoms with Gasteiger partial charge in [0.05, 0.1) is 24.4 Å². The fourth-order valence-corrected chi connectivity index (χ4v) is 3.28. The second kappa shape index (κ2) is 9.30. The Morgan fingerprint density at radius 2 is 2.17 bits per heavy atom. The zero-order valence-corrected chi connectivity index (χ0v) is 14.4. The second-order valence-electron chi connectivity index (χ2n) is 5.33. The Labute approximate surface area is 146 Å². The monoisotopic (exact) mass is 357 g/mol. The molecule has 7 heteroatoms. The first-order valence-electron chi connectivity index (χ1n) is 7.48. The largest absolute Gasteiger partial charge is 0.379 e. The van der Waals surface area contributed by atoms with E-state index in [0.717, 1.165) is 50.7 Å². The van der Waals surface area contributed by atoms with Gasteiger partial charge in [0.25, 0.3) is 0 Å². The highest BCUT2D eigenvalue weighted by Crippen LogP contribution is 2.22. The Kier molecular flexibility index (Phi) is 7.39. The number of benzene rings is 1. The summed E-state index contributed by atoms with van der Waals surface area (Å²) in [5, 5.41) is 5.48. The van der Waals surface area contributed by atoms with Crippen molar-refractivity contribution in [3.8, 4) is 0 Å². The van der Waals surface area contributed by atoms with Crippen molar-refractivity contribution in [2.75, 3.05) is 32.8 Å². The lowest BCUT2D eigenvalue weighted by atomic mass is 10.0. The molecule has 1 atom stereocenters. The van der Waals surface area contributed by atoms with E-state index in [1.54, 1.807) is 23.5 Å². The number of thiazole rings is 1. The van der Waals surface area contributed by atoms with Gasteiger partial charge in [0.2, 0.25) is 0 Å². The molecule has 4 nitrogen and oxygen atoms in total. The zero-order valence-electron chi connectivity index (χ0n) is 12.8. The minimum Gasteiger partial charge on any atom is -0.379 e. The molecule has 1 aromatic heterocycles. The molecule has 3 rings (SSSR count). The van der Waals surface area contributed by atoms with Crippen LogP contribution in [-0.4, -0.2) is 42.7 Å². The molecule has 1 unspecified atom stereocenters. The fourth-order valence-electron chi connectivity index (χ4n) is 2.72. The van der Waals surface area contributed by atoms with Gasteiger partial charge in [-0.25, -0.2) is 9.37 Å². The minimum atomic E-state index is -0.185. The van der Waals surface area contributed by atoms with Gasteiger partial charge in [-0.15, -0.1) is 23.7 Å². The molecule has 126 valence electrons. The van der Waals surface area contributed by atoms with Crippen LogP contribution in [0.25, 0.3) is 0 Å². The van der Waals surface area contributed by atoms with Crippen LogP contribution in [0, 0.1) is 5.82 Å². The van der Waals surface area contributed by atoms with Crippen molar-refractivity contribution >= 4 is 23.7 Å². The SMILES string of the molecule is Cl.Fc1cccc(C(CNCc2cscn2)N2CCOCC2)c1. The smallest absolute Gasteiger partial charge is 0.123 e. The predicted molar refractivity (Wildman–Crippen MR) is 92.6 cm³/mol. The van der Waals surface area contributed by atoms with Gasteiger partial charge >= 0.3 is 0 Å². The molecular weight excluding hydrogens is 337 g/mol. The number of hydrogen-bond acceptors (Lipinski definition) is 5. The summed E-state index contributed by atoms with van der Waals surface area (Å²) in [6, 6.07) is 7.04. The Morgan fingerprint density at radius 3 is 2.87 bits per heavy atom. The highest BCUT2D eigenvalue weighted by Gasteiger charge is 2.22. The molecule has 0 radical (unpaired) electrons. The van der Waals surface area contributed by atoms with E-state index in [4.69, 9.17) is 4.74 Å². The molecule has 0 bridgehead atoms. The van der Waals surface area contributed by atoms with Crippen LogP contribution in [0.4, 0.5) is 4.39 Å². The first-order valence-corrected chi connectivity index (χ1v) is 8.42. The summed E-state index contributed by atoms with van der Waals surface area (Å²) in [5.41, 5.74) is 3.89. The Morgan fingerprint density at radius 1 is 1.35 bits per heavy atom. The predicted octanol–water partition coefficient (Wildman–Crippen LogP) is 2.87. The van der Waals surface area contributed by atoms with Gasteiger partial charge in [-0.05, 0) is 17.7 Å². The number of hydrogen-bond donors (Lipinski definition) is 1. The molecule has 1 fully saturated rings. The van der Waals surface area contributed by atoms with Gasteiger partial charge in [-0.1, -0.05) is 12.1 Å². The third-order valence-electron chi connectivity index (χ3n) is 3.85. The number of rotatable bonds is 6. The third kappa shape index (κ3) is 5.22. The van der Waals surface area contributed by atoms with Crippen LogP contribution in [0.2, 0.25) is 0 Å². The molecular formula is C16H21ClFN3OS. The molecule has 2 aromatic rings. The lowest BCUT2D eigenvalue weighted by Gasteiger charge is -2.35. The van der Waals surface area contributed by atoms with Crippen molar-refractivity contribution in [3.05, 3.63) is 52.2 Å². The van der Waals surface area contributed by atoms with Crippen LogP contribution in [0.1, 0.15) is 17.3 Å². The van der Waals surface area contributed by atoms with Crippen molar-refractivity contribution < 1.29 is 9.13 Å². The maximum Gasteiger partial charge on any atom is 0.123 e. The molecule has 0 spiro atoms. The molecule has 1 aliphatic rings. The quantitative estimate of drug-likeness (QED) is 0.862.